The summed E-state index contributed by atoms with van der Waals surface area (Å²) in [4.78, 5) is 8.99. The number of methoxy groups -OCH3 is 1. The third-order valence-corrected chi connectivity index (χ3v) is 4.13. The Morgan fingerprint density at radius 1 is 1.25 bits per heavy atom. The lowest BCUT2D eigenvalue weighted by Crippen LogP contribution is -2.04. The van der Waals surface area contributed by atoms with Crippen LogP contribution >= 0.6 is 0 Å². The highest BCUT2D eigenvalue weighted by Gasteiger charge is 2.18. The standard InChI is InChI=1S/C19H22N2O3/c1-3-14-11-20-18(15-6-7-16(22)10-15)21-19(14)24-12-13-4-8-17(23-2)9-5-13/h4-5,8-11,16,22H,3,6-7,12H2,1-2H3. The Morgan fingerprint density at radius 3 is 2.67 bits per heavy atom. The third kappa shape index (κ3) is 3.74. The van der Waals surface area contributed by atoms with Crippen LogP contribution in [0.4, 0.5) is 0 Å². The van der Waals surface area contributed by atoms with E-state index in [9.17, 15) is 5.11 Å². The molecule has 2 aromatic rings. The summed E-state index contributed by atoms with van der Waals surface area (Å²) < 4.78 is 11.1. The number of aromatic nitrogens is 2. The van der Waals surface area contributed by atoms with Gasteiger partial charge in [-0.25, -0.2) is 4.98 Å². The van der Waals surface area contributed by atoms with Crippen LogP contribution in [0.3, 0.4) is 0 Å². The van der Waals surface area contributed by atoms with E-state index in [4.69, 9.17) is 9.47 Å². The first kappa shape index (κ1) is 16.5. The molecule has 1 aromatic carbocycles. The monoisotopic (exact) mass is 326 g/mol. The van der Waals surface area contributed by atoms with Gasteiger partial charge < -0.3 is 14.6 Å². The average molecular weight is 326 g/mol. The van der Waals surface area contributed by atoms with Crippen molar-refractivity contribution >= 4 is 5.57 Å². The summed E-state index contributed by atoms with van der Waals surface area (Å²) in [6.07, 6.45) is 5.59. The number of aryl methyl sites for hydroxylation is 1. The van der Waals surface area contributed by atoms with Crippen LogP contribution in [0.25, 0.3) is 5.57 Å². The van der Waals surface area contributed by atoms with Crippen molar-refractivity contribution in [3.63, 3.8) is 0 Å². The highest BCUT2D eigenvalue weighted by Crippen LogP contribution is 2.28. The average Bonchev–Trinajstić information content (AvgIpc) is 3.06. The Bertz CT molecular complexity index is 726. The molecule has 3 rings (SSSR count). The topological polar surface area (TPSA) is 64.5 Å². The lowest BCUT2D eigenvalue weighted by molar-refractivity contribution is 0.223. The van der Waals surface area contributed by atoms with E-state index < -0.39 is 6.10 Å². The summed E-state index contributed by atoms with van der Waals surface area (Å²) in [7, 11) is 1.65. The lowest BCUT2D eigenvalue weighted by Gasteiger charge is -2.11. The van der Waals surface area contributed by atoms with E-state index in [0.29, 0.717) is 18.3 Å². The number of benzene rings is 1. The van der Waals surface area contributed by atoms with Crippen LogP contribution in [-0.4, -0.2) is 28.3 Å². The van der Waals surface area contributed by atoms with Gasteiger partial charge in [0.15, 0.2) is 5.82 Å². The molecule has 0 spiro atoms. The second-order valence-corrected chi connectivity index (χ2v) is 5.81. The molecule has 1 N–H and O–H groups in total. The van der Waals surface area contributed by atoms with Gasteiger partial charge in [0.1, 0.15) is 12.4 Å². The van der Waals surface area contributed by atoms with Gasteiger partial charge in [0, 0.05) is 11.8 Å². The number of rotatable bonds is 6. The molecule has 0 aliphatic heterocycles. The van der Waals surface area contributed by atoms with Crippen molar-refractivity contribution < 1.29 is 14.6 Å². The van der Waals surface area contributed by atoms with Gasteiger partial charge in [-0.3, -0.25) is 0 Å². The van der Waals surface area contributed by atoms with E-state index in [2.05, 4.69) is 16.9 Å². The fourth-order valence-corrected chi connectivity index (χ4v) is 2.68. The Hall–Kier alpha value is -2.40. The Kier molecular flexibility index (Phi) is 5.11. The summed E-state index contributed by atoms with van der Waals surface area (Å²) in [5.74, 6) is 2.08. The van der Waals surface area contributed by atoms with E-state index in [1.165, 1.54) is 0 Å². The fraction of sp³-hybridized carbons (Fsp3) is 0.368. The number of aliphatic hydroxyl groups is 1. The third-order valence-electron chi connectivity index (χ3n) is 4.13. The van der Waals surface area contributed by atoms with Gasteiger partial charge in [0.05, 0.1) is 13.2 Å². The number of aliphatic hydroxyl groups excluding tert-OH is 1. The normalized spacial score (nSPS) is 16.8. The molecule has 0 radical (unpaired) electrons. The van der Waals surface area contributed by atoms with Gasteiger partial charge in [0.25, 0.3) is 0 Å². The maximum atomic E-state index is 9.65. The first-order valence-electron chi connectivity index (χ1n) is 8.20. The first-order chi connectivity index (χ1) is 11.7. The highest BCUT2D eigenvalue weighted by atomic mass is 16.5. The molecule has 5 nitrogen and oxygen atoms in total. The molecule has 0 amide bonds. The van der Waals surface area contributed by atoms with Gasteiger partial charge >= 0.3 is 0 Å². The second kappa shape index (κ2) is 7.45. The van der Waals surface area contributed by atoms with Crippen LogP contribution in [-0.2, 0) is 13.0 Å². The smallest absolute Gasteiger partial charge is 0.220 e. The van der Waals surface area contributed by atoms with Crippen LogP contribution in [0.1, 0.15) is 36.7 Å². The van der Waals surface area contributed by atoms with Gasteiger partial charge in [-0.2, -0.15) is 4.98 Å². The van der Waals surface area contributed by atoms with Crippen molar-refractivity contribution in [2.75, 3.05) is 7.11 Å². The SMILES string of the molecule is CCc1cnc(C2=CC(O)CC2)nc1OCc1ccc(OC)cc1. The first-order valence-corrected chi connectivity index (χ1v) is 8.20. The molecule has 1 aliphatic rings. The minimum absolute atomic E-state index is 0.391. The van der Waals surface area contributed by atoms with Gasteiger partial charge in [-0.05, 0) is 48.6 Å². The van der Waals surface area contributed by atoms with Crippen molar-refractivity contribution in [2.24, 2.45) is 0 Å². The number of hydrogen-bond acceptors (Lipinski definition) is 5. The van der Waals surface area contributed by atoms with Crippen molar-refractivity contribution in [3.8, 4) is 11.6 Å². The molecule has 24 heavy (non-hydrogen) atoms. The van der Waals surface area contributed by atoms with E-state index in [1.54, 1.807) is 7.11 Å². The van der Waals surface area contributed by atoms with Crippen molar-refractivity contribution in [1.82, 2.24) is 9.97 Å². The van der Waals surface area contributed by atoms with Gasteiger partial charge in [-0.15, -0.1) is 0 Å². The predicted molar refractivity (Wildman–Crippen MR) is 92.0 cm³/mol. The fourth-order valence-electron chi connectivity index (χ4n) is 2.68. The molecule has 0 saturated heterocycles. The minimum atomic E-state index is -0.391. The molecule has 0 bridgehead atoms. The Morgan fingerprint density at radius 2 is 2.04 bits per heavy atom. The van der Waals surface area contributed by atoms with Crippen LogP contribution in [0.5, 0.6) is 11.6 Å². The Balaban J connectivity index is 1.76. The molecular weight excluding hydrogens is 304 g/mol. The van der Waals surface area contributed by atoms with E-state index in [1.807, 2.05) is 36.5 Å². The maximum Gasteiger partial charge on any atom is 0.220 e. The zero-order chi connectivity index (χ0) is 16.9. The zero-order valence-corrected chi connectivity index (χ0v) is 14.0. The van der Waals surface area contributed by atoms with E-state index in [-0.39, 0.29) is 0 Å². The zero-order valence-electron chi connectivity index (χ0n) is 14.0. The largest absolute Gasteiger partial charge is 0.497 e. The summed E-state index contributed by atoms with van der Waals surface area (Å²) in [5.41, 5.74) is 3.01. The van der Waals surface area contributed by atoms with Crippen LogP contribution in [0.2, 0.25) is 0 Å². The van der Waals surface area contributed by atoms with Gasteiger partial charge in [0.2, 0.25) is 5.88 Å². The molecule has 1 aliphatic carbocycles. The van der Waals surface area contributed by atoms with Crippen LogP contribution in [0, 0.1) is 0 Å². The van der Waals surface area contributed by atoms with E-state index in [0.717, 1.165) is 41.7 Å². The predicted octanol–water partition coefficient (Wildman–Crippen LogP) is 3.16. The summed E-state index contributed by atoms with van der Waals surface area (Å²) in [6.45, 7) is 2.49. The van der Waals surface area contributed by atoms with E-state index >= 15 is 0 Å². The number of allylic oxidation sites excluding steroid dienone is 1. The minimum Gasteiger partial charge on any atom is -0.497 e. The molecule has 1 atom stereocenters. The molecule has 1 aromatic heterocycles. The molecule has 1 heterocycles. The lowest BCUT2D eigenvalue weighted by atomic mass is 10.2. The molecule has 1 unspecified atom stereocenters. The van der Waals surface area contributed by atoms with Crippen molar-refractivity contribution in [1.29, 1.82) is 0 Å². The highest BCUT2D eigenvalue weighted by molar-refractivity contribution is 5.63. The van der Waals surface area contributed by atoms with Crippen LogP contribution in [0.15, 0.2) is 36.5 Å². The quantitative estimate of drug-likeness (QED) is 0.883. The molecule has 126 valence electrons. The molecule has 0 fully saturated rings. The van der Waals surface area contributed by atoms with Crippen LogP contribution < -0.4 is 9.47 Å². The summed E-state index contributed by atoms with van der Waals surface area (Å²) in [6, 6.07) is 7.77. The number of nitrogens with zero attached hydrogens (tertiary/aromatic N) is 2. The second-order valence-electron chi connectivity index (χ2n) is 5.81. The summed E-state index contributed by atoms with van der Waals surface area (Å²) in [5, 5.41) is 9.65. The van der Waals surface area contributed by atoms with Crippen molar-refractivity contribution in [3.05, 3.63) is 53.5 Å². The molecule has 0 saturated carbocycles. The molecular formula is C19H22N2O3. The van der Waals surface area contributed by atoms with Crippen molar-refractivity contribution in [2.45, 2.75) is 38.9 Å². The summed E-state index contributed by atoms with van der Waals surface area (Å²) >= 11 is 0. The number of hydrogen-bond donors (Lipinski definition) is 1. The molecule has 5 heteroatoms. The Labute approximate surface area is 142 Å². The maximum absolute atomic E-state index is 9.65. The number of ether oxygens (including phenoxy) is 2. The van der Waals surface area contributed by atoms with Gasteiger partial charge in [-0.1, -0.05) is 19.1 Å².